The average molecular weight is 302 g/mol. The van der Waals surface area contributed by atoms with Crippen LogP contribution in [-0.4, -0.2) is 9.38 Å². The molecule has 0 saturated carbocycles. The van der Waals surface area contributed by atoms with Crippen LogP contribution in [0.5, 0.6) is 0 Å². The van der Waals surface area contributed by atoms with E-state index in [1.165, 1.54) is 5.56 Å². The Labute approximate surface area is 135 Å². The predicted molar refractivity (Wildman–Crippen MR) is 89.9 cm³/mol. The van der Waals surface area contributed by atoms with Gasteiger partial charge in [0.15, 0.2) is 5.49 Å². The molecular formula is C19H18N4. The summed E-state index contributed by atoms with van der Waals surface area (Å²) in [5, 5.41) is 17.8. The third kappa shape index (κ3) is 2.62. The molecule has 2 aromatic heterocycles. The molecule has 114 valence electrons. The van der Waals surface area contributed by atoms with Crippen molar-refractivity contribution in [2.24, 2.45) is 0 Å². The lowest BCUT2D eigenvalue weighted by Crippen LogP contribution is -2.19. The smallest absolute Gasteiger partial charge is 0.151 e. The fourth-order valence-electron chi connectivity index (χ4n) is 2.56. The van der Waals surface area contributed by atoms with Crippen molar-refractivity contribution in [3.8, 4) is 17.3 Å². The third-order valence-corrected chi connectivity index (χ3v) is 3.92. The first-order chi connectivity index (χ1) is 10.9. The van der Waals surface area contributed by atoms with Gasteiger partial charge in [0.1, 0.15) is 17.3 Å². The van der Waals surface area contributed by atoms with Crippen molar-refractivity contribution in [2.75, 3.05) is 0 Å². The topological polar surface area (TPSA) is 64.9 Å². The number of hydrogen-bond acceptors (Lipinski definition) is 3. The van der Waals surface area contributed by atoms with Crippen molar-refractivity contribution < 1.29 is 0 Å². The van der Waals surface area contributed by atoms with Crippen LogP contribution in [0.4, 0.5) is 0 Å². The number of aromatic nitrogens is 2. The normalized spacial score (nSPS) is 11.4. The van der Waals surface area contributed by atoms with E-state index < -0.39 is 0 Å². The minimum absolute atomic E-state index is 0.0733. The Morgan fingerprint density at radius 3 is 2.39 bits per heavy atom. The van der Waals surface area contributed by atoms with Crippen LogP contribution >= 0.6 is 0 Å². The van der Waals surface area contributed by atoms with Crippen LogP contribution in [0.15, 0.2) is 48.7 Å². The van der Waals surface area contributed by atoms with Gasteiger partial charge < -0.3 is 0 Å². The van der Waals surface area contributed by atoms with Gasteiger partial charge in [0, 0.05) is 11.8 Å². The highest BCUT2D eigenvalue weighted by molar-refractivity contribution is 5.68. The monoisotopic (exact) mass is 302 g/mol. The first-order valence-corrected chi connectivity index (χ1v) is 7.49. The Balaban J connectivity index is 2.24. The van der Waals surface area contributed by atoms with Gasteiger partial charge in [-0.1, -0.05) is 51.1 Å². The molecule has 0 aliphatic rings. The van der Waals surface area contributed by atoms with Crippen molar-refractivity contribution >= 4 is 5.65 Å². The number of nitrogens with zero attached hydrogens (tertiary/aromatic N) is 3. The van der Waals surface area contributed by atoms with Crippen molar-refractivity contribution in [1.82, 2.24) is 9.38 Å². The quantitative estimate of drug-likeness (QED) is 0.745. The molecule has 3 rings (SSSR count). The summed E-state index contributed by atoms with van der Waals surface area (Å²) in [7, 11) is 0. The Morgan fingerprint density at radius 1 is 1.09 bits per heavy atom. The Morgan fingerprint density at radius 2 is 1.78 bits per heavy atom. The van der Waals surface area contributed by atoms with Gasteiger partial charge in [-0.3, -0.25) is 9.81 Å². The van der Waals surface area contributed by atoms with Crippen LogP contribution < -0.4 is 5.49 Å². The number of benzene rings is 1. The van der Waals surface area contributed by atoms with Crippen LogP contribution in [0.25, 0.3) is 16.9 Å². The zero-order valence-corrected chi connectivity index (χ0v) is 13.5. The highest BCUT2D eigenvalue weighted by atomic mass is 15.0. The van der Waals surface area contributed by atoms with Gasteiger partial charge in [0.05, 0.1) is 5.69 Å². The van der Waals surface area contributed by atoms with Crippen molar-refractivity contribution in [2.45, 2.75) is 26.2 Å². The van der Waals surface area contributed by atoms with Crippen LogP contribution in [0, 0.1) is 16.7 Å². The summed E-state index contributed by atoms with van der Waals surface area (Å²) in [6.07, 6.45) is 1.75. The fraction of sp³-hybridized carbons (Fsp3) is 0.211. The van der Waals surface area contributed by atoms with Crippen LogP contribution in [-0.2, 0) is 5.41 Å². The number of pyridine rings is 1. The van der Waals surface area contributed by atoms with E-state index in [0.717, 1.165) is 5.56 Å². The van der Waals surface area contributed by atoms with E-state index in [2.05, 4.69) is 44.0 Å². The average Bonchev–Trinajstić information content (AvgIpc) is 2.54. The molecule has 4 nitrogen and oxygen atoms in total. The van der Waals surface area contributed by atoms with Crippen molar-refractivity contribution in [1.29, 1.82) is 10.7 Å². The predicted octanol–water partition coefficient (Wildman–Crippen LogP) is 3.65. The molecule has 3 aromatic rings. The fourth-order valence-corrected chi connectivity index (χ4v) is 2.56. The Kier molecular flexibility index (Phi) is 3.49. The SMILES string of the molecule is CC(C)(C)c1ccc(-c2nc3ccccn3c(=N)c2C#N)cc1. The summed E-state index contributed by atoms with van der Waals surface area (Å²) in [5.41, 5.74) is 3.82. The molecule has 4 heteroatoms. The van der Waals surface area contributed by atoms with Gasteiger partial charge in [-0.25, -0.2) is 4.98 Å². The first kappa shape index (κ1) is 15.0. The maximum Gasteiger partial charge on any atom is 0.151 e. The molecule has 1 aromatic carbocycles. The lowest BCUT2D eigenvalue weighted by molar-refractivity contribution is 0.590. The van der Waals surface area contributed by atoms with E-state index in [1.807, 2.05) is 30.3 Å². The molecule has 0 amide bonds. The van der Waals surface area contributed by atoms with Gasteiger partial charge in [-0.2, -0.15) is 5.26 Å². The van der Waals surface area contributed by atoms with E-state index >= 15 is 0 Å². The molecule has 0 aliphatic heterocycles. The highest BCUT2D eigenvalue weighted by Crippen LogP contribution is 2.26. The summed E-state index contributed by atoms with van der Waals surface area (Å²) in [6.45, 7) is 6.49. The van der Waals surface area contributed by atoms with Gasteiger partial charge in [0.25, 0.3) is 0 Å². The summed E-state index contributed by atoms with van der Waals surface area (Å²) < 4.78 is 1.62. The summed E-state index contributed by atoms with van der Waals surface area (Å²) in [5.74, 6) is 0. The molecule has 0 unspecified atom stereocenters. The number of nitriles is 1. The lowest BCUT2D eigenvalue weighted by Gasteiger charge is -2.19. The molecule has 23 heavy (non-hydrogen) atoms. The molecule has 0 radical (unpaired) electrons. The third-order valence-electron chi connectivity index (χ3n) is 3.92. The Bertz CT molecular complexity index is 967. The maximum atomic E-state index is 9.48. The summed E-state index contributed by atoms with van der Waals surface area (Å²) >= 11 is 0. The second kappa shape index (κ2) is 5.36. The van der Waals surface area contributed by atoms with Gasteiger partial charge in [-0.05, 0) is 23.1 Å². The zero-order chi connectivity index (χ0) is 16.6. The lowest BCUT2D eigenvalue weighted by atomic mass is 9.86. The van der Waals surface area contributed by atoms with Gasteiger partial charge in [0.2, 0.25) is 0 Å². The molecule has 0 fully saturated rings. The zero-order valence-electron chi connectivity index (χ0n) is 13.5. The minimum atomic E-state index is 0.0733. The molecule has 2 heterocycles. The first-order valence-electron chi connectivity index (χ1n) is 7.49. The number of fused-ring (bicyclic) bond motifs is 1. The van der Waals surface area contributed by atoms with E-state index in [-0.39, 0.29) is 16.5 Å². The van der Waals surface area contributed by atoms with E-state index in [1.54, 1.807) is 10.6 Å². The molecule has 0 spiro atoms. The molecule has 0 saturated heterocycles. The standard InChI is InChI=1S/C19H18N4/c1-19(2,3)14-9-7-13(8-10-14)17-15(12-20)18(21)23-11-5-4-6-16(23)22-17/h4-11,21H,1-3H3. The van der Waals surface area contributed by atoms with Crippen molar-refractivity contribution in [3.63, 3.8) is 0 Å². The van der Waals surface area contributed by atoms with Gasteiger partial charge >= 0.3 is 0 Å². The largest absolute Gasteiger partial charge is 0.285 e. The van der Waals surface area contributed by atoms with Crippen LogP contribution in [0.1, 0.15) is 31.9 Å². The minimum Gasteiger partial charge on any atom is -0.285 e. The number of hydrogen-bond donors (Lipinski definition) is 1. The van der Waals surface area contributed by atoms with E-state index in [0.29, 0.717) is 11.3 Å². The Hall–Kier alpha value is -2.93. The molecular weight excluding hydrogens is 284 g/mol. The maximum absolute atomic E-state index is 9.48. The van der Waals surface area contributed by atoms with E-state index in [4.69, 9.17) is 5.41 Å². The molecule has 0 aliphatic carbocycles. The van der Waals surface area contributed by atoms with E-state index in [9.17, 15) is 5.26 Å². The second-order valence-electron chi connectivity index (χ2n) is 6.55. The molecule has 0 bridgehead atoms. The van der Waals surface area contributed by atoms with Crippen LogP contribution in [0.2, 0.25) is 0 Å². The molecule has 0 atom stereocenters. The second-order valence-corrected chi connectivity index (χ2v) is 6.55. The summed E-state index contributed by atoms with van der Waals surface area (Å²) in [4.78, 5) is 4.59. The number of nitrogens with one attached hydrogen (secondary N) is 1. The van der Waals surface area contributed by atoms with Crippen LogP contribution in [0.3, 0.4) is 0 Å². The highest BCUT2D eigenvalue weighted by Gasteiger charge is 2.15. The van der Waals surface area contributed by atoms with Gasteiger partial charge in [-0.15, -0.1) is 0 Å². The number of rotatable bonds is 1. The molecule has 1 N–H and O–H groups in total. The van der Waals surface area contributed by atoms with Crippen molar-refractivity contribution in [3.05, 3.63) is 65.3 Å². The summed E-state index contributed by atoms with van der Waals surface area (Å²) in [6, 6.07) is 15.7.